The first-order valence-corrected chi connectivity index (χ1v) is 4.14. The predicted molar refractivity (Wildman–Crippen MR) is 52.1 cm³/mol. The maximum atomic E-state index is 4.40. The zero-order valence-electron chi connectivity index (χ0n) is 8.26. The highest BCUT2D eigenvalue weighted by atomic mass is 15.3. The molecule has 1 aromatic rings. The molecule has 0 bridgehead atoms. The number of hydrogen-bond donors (Lipinski definition) is 0. The van der Waals surface area contributed by atoms with Gasteiger partial charge in [-0.15, -0.1) is 0 Å². The first kappa shape index (κ1) is 9.04. The summed E-state index contributed by atoms with van der Waals surface area (Å²) in [6.07, 6.45) is 3.87. The first-order valence-electron chi connectivity index (χ1n) is 4.14. The molecule has 0 radical (unpaired) electrons. The largest absolute Gasteiger partial charge is 0.267 e. The zero-order valence-corrected chi connectivity index (χ0v) is 8.26. The molecule has 0 unspecified atom stereocenters. The van der Waals surface area contributed by atoms with Crippen LogP contribution in [0.2, 0.25) is 0 Å². The van der Waals surface area contributed by atoms with Crippen molar-refractivity contribution >= 4 is 6.08 Å². The van der Waals surface area contributed by atoms with Crippen molar-refractivity contribution in [1.82, 2.24) is 9.78 Å². The van der Waals surface area contributed by atoms with Crippen LogP contribution in [0.1, 0.15) is 32.0 Å². The molecule has 0 fully saturated rings. The minimum absolute atomic E-state index is 0.0615. The molecule has 0 amide bonds. The lowest BCUT2D eigenvalue weighted by Crippen LogP contribution is -2.22. The summed E-state index contributed by atoms with van der Waals surface area (Å²) in [4.78, 5) is 0. The molecule has 0 saturated heterocycles. The number of hydrogen-bond acceptors (Lipinski definition) is 1. The molecule has 0 aromatic carbocycles. The zero-order chi connectivity index (χ0) is 9.35. The van der Waals surface area contributed by atoms with E-state index in [-0.39, 0.29) is 5.54 Å². The second-order valence-electron chi connectivity index (χ2n) is 3.99. The molecule has 0 atom stereocenters. The number of aromatic nitrogens is 2. The van der Waals surface area contributed by atoms with Crippen molar-refractivity contribution < 1.29 is 0 Å². The summed E-state index contributed by atoms with van der Waals surface area (Å²) >= 11 is 0. The molecule has 1 aromatic heterocycles. The molecule has 12 heavy (non-hydrogen) atoms. The normalized spacial score (nSPS) is 11.7. The molecule has 1 rings (SSSR count). The van der Waals surface area contributed by atoms with E-state index in [1.54, 1.807) is 0 Å². The van der Waals surface area contributed by atoms with Crippen molar-refractivity contribution in [3.63, 3.8) is 0 Å². The van der Waals surface area contributed by atoms with Crippen LogP contribution >= 0.6 is 0 Å². The van der Waals surface area contributed by atoms with Crippen LogP contribution in [0.5, 0.6) is 0 Å². The average Bonchev–Trinajstić information content (AvgIpc) is 2.29. The molecular formula is C10H16N2. The average molecular weight is 164 g/mol. The highest BCUT2D eigenvalue weighted by Crippen LogP contribution is 2.16. The van der Waals surface area contributed by atoms with Crippen molar-refractivity contribution in [1.29, 1.82) is 0 Å². The highest BCUT2D eigenvalue weighted by molar-refractivity contribution is 5.48. The van der Waals surface area contributed by atoms with Crippen LogP contribution in [-0.4, -0.2) is 9.78 Å². The Balaban J connectivity index is 3.13. The fourth-order valence-electron chi connectivity index (χ4n) is 1.02. The molecule has 2 heteroatoms. The third kappa shape index (κ3) is 1.58. The van der Waals surface area contributed by atoms with Gasteiger partial charge in [-0.05, 0) is 27.7 Å². The summed E-state index contributed by atoms with van der Waals surface area (Å²) < 4.78 is 1.97. The maximum absolute atomic E-state index is 4.40. The lowest BCUT2D eigenvalue weighted by Gasteiger charge is -2.18. The molecule has 0 N–H and O–H groups in total. The monoisotopic (exact) mass is 164 g/mol. The van der Waals surface area contributed by atoms with Crippen LogP contribution in [-0.2, 0) is 5.54 Å². The van der Waals surface area contributed by atoms with E-state index < -0.39 is 0 Å². The van der Waals surface area contributed by atoms with Gasteiger partial charge in [-0.3, -0.25) is 4.68 Å². The molecule has 66 valence electrons. The van der Waals surface area contributed by atoms with Gasteiger partial charge in [-0.1, -0.05) is 12.7 Å². The Morgan fingerprint density at radius 3 is 2.33 bits per heavy atom. The Kier molecular flexibility index (Phi) is 2.09. The lowest BCUT2D eigenvalue weighted by atomic mass is 10.1. The van der Waals surface area contributed by atoms with Crippen molar-refractivity contribution in [3.05, 3.63) is 24.0 Å². The summed E-state index contributed by atoms with van der Waals surface area (Å²) in [5, 5.41) is 4.40. The van der Waals surface area contributed by atoms with Crippen LogP contribution in [0.3, 0.4) is 0 Å². The SMILES string of the molecule is C=Cc1cn(C(C)(C)C)nc1C. The van der Waals surface area contributed by atoms with E-state index in [4.69, 9.17) is 0 Å². The second kappa shape index (κ2) is 2.77. The number of nitrogens with zero attached hydrogens (tertiary/aromatic N) is 2. The van der Waals surface area contributed by atoms with E-state index >= 15 is 0 Å². The molecule has 0 spiro atoms. The van der Waals surface area contributed by atoms with Crippen molar-refractivity contribution in [2.75, 3.05) is 0 Å². The van der Waals surface area contributed by atoms with Gasteiger partial charge in [0.05, 0.1) is 11.2 Å². The summed E-state index contributed by atoms with van der Waals surface area (Å²) in [7, 11) is 0. The van der Waals surface area contributed by atoms with E-state index in [0.29, 0.717) is 0 Å². The van der Waals surface area contributed by atoms with E-state index in [2.05, 4.69) is 32.4 Å². The van der Waals surface area contributed by atoms with Gasteiger partial charge < -0.3 is 0 Å². The van der Waals surface area contributed by atoms with Gasteiger partial charge in [-0.25, -0.2) is 0 Å². The molecular weight excluding hydrogens is 148 g/mol. The minimum Gasteiger partial charge on any atom is -0.267 e. The lowest BCUT2D eigenvalue weighted by molar-refractivity contribution is 0.354. The van der Waals surface area contributed by atoms with E-state index in [9.17, 15) is 0 Å². The molecule has 0 aliphatic carbocycles. The molecule has 2 nitrogen and oxygen atoms in total. The Morgan fingerprint density at radius 1 is 1.50 bits per heavy atom. The quantitative estimate of drug-likeness (QED) is 0.623. The van der Waals surface area contributed by atoms with Gasteiger partial charge >= 0.3 is 0 Å². The Hall–Kier alpha value is -1.05. The summed E-state index contributed by atoms with van der Waals surface area (Å²) in [6.45, 7) is 12.1. The fraction of sp³-hybridized carbons (Fsp3) is 0.500. The van der Waals surface area contributed by atoms with Gasteiger partial charge in [0.2, 0.25) is 0 Å². The Morgan fingerprint density at radius 2 is 2.08 bits per heavy atom. The third-order valence-corrected chi connectivity index (χ3v) is 1.84. The molecule has 0 aliphatic heterocycles. The van der Waals surface area contributed by atoms with Crippen molar-refractivity contribution in [2.45, 2.75) is 33.2 Å². The van der Waals surface area contributed by atoms with Gasteiger partial charge in [0.25, 0.3) is 0 Å². The topological polar surface area (TPSA) is 17.8 Å². The number of aryl methyl sites for hydroxylation is 1. The standard InChI is InChI=1S/C10H16N2/c1-6-9-7-12(10(3,4)5)11-8(9)2/h6-7H,1H2,2-5H3. The Bertz CT molecular complexity index is 289. The third-order valence-electron chi connectivity index (χ3n) is 1.84. The second-order valence-corrected chi connectivity index (χ2v) is 3.99. The van der Waals surface area contributed by atoms with Gasteiger partial charge in [-0.2, -0.15) is 5.10 Å². The minimum atomic E-state index is 0.0615. The molecule has 0 aliphatic rings. The fourth-order valence-corrected chi connectivity index (χ4v) is 1.02. The van der Waals surface area contributed by atoms with Crippen LogP contribution in [0, 0.1) is 6.92 Å². The predicted octanol–water partition coefficient (Wildman–Crippen LogP) is 2.59. The van der Waals surface area contributed by atoms with Crippen molar-refractivity contribution in [2.24, 2.45) is 0 Å². The van der Waals surface area contributed by atoms with Crippen molar-refractivity contribution in [3.8, 4) is 0 Å². The maximum Gasteiger partial charge on any atom is 0.0666 e. The van der Waals surface area contributed by atoms with E-state index in [1.165, 1.54) is 0 Å². The highest BCUT2D eigenvalue weighted by Gasteiger charge is 2.14. The van der Waals surface area contributed by atoms with Gasteiger partial charge in [0.15, 0.2) is 0 Å². The van der Waals surface area contributed by atoms with Crippen LogP contribution in [0.25, 0.3) is 6.08 Å². The smallest absolute Gasteiger partial charge is 0.0666 e. The van der Waals surface area contributed by atoms with Crippen LogP contribution < -0.4 is 0 Å². The van der Waals surface area contributed by atoms with E-state index in [1.807, 2.05) is 23.9 Å². The summed E-state index contributed by atoms with van der Waals surface area (Å²) in [5.41, 5.74) is 2.22. The summed E-state index contributed by atoms with van der Waals surface area (Å²) in [6, 6.07) is 0. The number of rotatable bonds is 1. The van der Waals surface area contributed by atoms with Crippen LogP contribution in [0.15, 0.2) is 12.8 Å². The molecule has 0 saturated carbocycles. The molecule has 1 heterocycles. The summed E-state index contributed by atoms with van der Waals surface area (Å²) in [5.74, 6) is 0. The van der Waals surface area contributed by atoms with Gasteiger partial charge in [0, 0.05) is 11.8 Å². The van der Waals surface area contributed by atoms with Crippen LogP contribution in [0.4, 0.5) is 0 Å². The van der Waals surface area contributed by atoms with E-state index in [0.717, 1.165) is 11.3 Å². The van der Waals surface area contributed by atoms with Gasteiger partial charge in [0.1, 0.15) is 0 Å². The first-order chi connectivity index (χ1) is 5.45. The Labute approximate surface area is 73.9 Å².